The number of carbonyl (C=O) groups is 1. The number of piperidine rings is 1. The van der Waals surface area contributed by atoms with E-state index >= 15 is 0 Å². The Morgan fingerprint density at radius 1 is 1.35 bits per heavy atom. The monoisotopic (exact) mass is 336 g/mol. The molecule has 0 spiro atoms. The lowest BCUT2D eigenvalue weighted by atomic mass is 10.1. The van der Waals surface area contributed by atoms with E-state index in [1.54, 1.807) is 0 Å². The first-order chi connectivity index (χ1) is 11.1. The zero-order chi connectivity index (χ0) is 16.2. The Hall–Kier alpha value is -1.26. The summed E-state index contributed by atoms with van der Waals surface area (Å²) in [5, 5.41) is 3.75. The number of carbonyl (C=O) groups excluding carboxylic acids is 1. The Morgan fingerprint density at radius 3 is 2.74 bits per heavy atom. The molecule has 0 bridgehead atoms. The number of urea groups is 1. The maximum Gasteiger partial charge on any atom is 0.317 e. The standard InChI is InChI=1S/C18H25ClN2O2/c1-13(15-3-2-4-16(19)11-15)20-18(22)21-9-7-17(8-10-21)23-12-14-5-6-14/h2-4,11,13-14,17H,5-10,12H2,1H3,(H,20,22). The van der Waals surface area contributed by atoms with Gasteiger partial charge in [-0.1, -0.05) is 23.7 Å². The Bertz CT molecular complexity index is 540. The maximum atomic E-state index is 12.4. The van der Waals surface area contributed by atoms with Crippen LogP contribution in [-0.4, -0.2) is 36.7 Å². The quantitative estimate of drug-likeness (QED) is 0.883. The van der Waals surface area contributed by atoms with Gasteiger partial charge in [-0.05, 0) is 56.2 Å². The highest BCUT2D eigenvalue weighted by molar-refractivity contribution is 6.30. The fourth-order valence-electron chi connectivity index (χ4n) is 2.92. The van der Waals surface area contributed by atoms with Gasteiger partial charge in [-0.3, -0.25) is 0 Å². The van der Waals surface area contributed by atoms with E-state index < -0.39 is 0 Å². The lowest BCUT2D eigenvalue weighted by molar-refractivity contribution is 0.00933. The van der Waals surface area contributed by atoms with E-state index in [9.17, 15) is 4.79 Å². The van der Waals surface area contributed by atoms with Crippen molar-refractivity contribution in [3.8, 4) is 0 Å². The number of hydrogen-bond donors (Lipinski definition) is 1. The first-order valence-electron chi connectivity index (χ1n) is 8.54. The predicted molar refractivity (Wildman–Crippen MR) is 91.7 cm³/mol. The lowest BCUT2D eigenvalue weighted by Crippen LogP contribution is -2.46. The number of hydrogen-bond acceptors (Lipinski definition) is 2. The van der Waals surface area contributed by atoms with Gasteiger partial charge >= 0.3 is 6.03 Å². The predicted octanol–water partition coefficient (Wildman–Crippen LogP) is 4.00. The molecule has 5 heteroatoms. The Balaban J connectivity index is 1.43. The molecule has 23 heavy (non-hydrogen) atoms. The van der Waals surface area contributed by atoms with Gasteiger partial charge in [-0.25, -0.2) is 4.79 Å². The molecule has 1 N–H and O–H groups in total. The third kappa shape index (κ3) is 4.85. The third-order valence-electron chi connectivity index (χ3n) is 4.68. The van der Waals surface area contributed by atoms with Gasteiger partial charge in [-0.15, -0.1) is 0 Å². The second kappa shape index (κ2) is 7.54. The van der Waals surface area contributed by atoms with Gasteiger partial charge in [0.2, 0.25) is 0 Å². The molecule has 1 saturated heterocycles. The Morgan fingerprint density at radius 2 is 2.09 bits per heavy atom. The molecule has 1 aliphatic heterocycles. The number of likely N-dealkylation sites (tertiary alicyclic amines) is 1. The minimum absolute atomic E-state index is 0.00174. The summed E-state index contributed by atoms with van der Waals surface area (Å²) in [6, 6.07) is 7.57. The van der Waals surface area contributed by atoms with Crippen LogP contribution in [0.5, 0.6) is 0 Å². The average molecular weight is 337 g/mol. The van der Waals surface area contributed by atoms with Gasteiger partial charge in [0, 0.05) is 24.7 Å². The number of ether oxygens (including phenoxy) is 1. The summed E-state index contributed by atoms with van der Waals surface area (Å²) in [7, 11) is 0. The van der Waals surface area contributed by atoms with Crippen molar-refractivity contribution < 1.29 is 9.53 Å². The fraction of sp³-hybridized carbons (Fsp3) is 0.611. The van der Waals surface area contributed by atoms with Gasteiger partial charge in [0.05, 0.1) is 12.1 Å². The van der Waals surface area contributed by atoms with Gasteiger partial charge in [-0.2, -0.15) is 0 Å². The van der Waals surface area contributed by atoms with E-state index in [0.717, 1.165) is 44.0 Å². The molecule has 4 nitrogen and oxygen atoms in total. The van der Waals surface area contributed by atoms with E-state index in [1.165, 1.54) is 12.8 Å². The summed E-state index contributed by atoms with van der Waals surface area (Å²) >= 11 is 6.01. The summed E-state index contributed by atoms with van der Waals surface area (Å²) in [6.45, 7) is 4.42. The molecule has 126 valence electrons. The molecule has 3 rings (SSSR count). The number of rotatable bonds is 5. The van der Waals surface area contributed by atoms with Gasteiger partial charge in [0.1, 0.15) is 0 Å². The molecular weight excluding hydrogens is 312 g/mol. The minimum atomic E-state index is -0.0509. The number of benzene rings is 1. The smallest absolute Gasteiger partial charge is 0.317 e. The summed E-state index contributed by atoms with van der Waals surface area (Å²) < 4.78 is 5.93. The summed E-state index contributed by atoms with van der Waals surface area (Å²) in [5.41, 5.74) is 1.02. The molecule has 1 aromatic rings. The lowest BCUT2D eigenvalue weighted by Gasteiger charge is -2.33. The van der Waals surface area contributed by atoms with Crippen LogP contribution in [0.15, 0.2) is 24.3 Å². The van der Waals surface area contributed by atoms with E-state index in [-0.39, 0.29) is 12.1 Å². The third-order valence-corrected chi connectivity index (χ3v) is 4.92. The van der Waals surface area contributed by atoms with Crippen molar-refractivity contribution in [2.45, 2.75) is 44.8 Å². The number of halogens is 1. The van der Waals surface area contributed by atoms with Crippen molar-refractivity contribution >= 4 is 17.6 Å². The Labute approximate surface area is 143 Å². The molecule has 1 saturated carbocycles. The molecule has 0 aromatic heterocycles. The van der Waals surface area contributed by atoms with E-state index in [1.807, 2.05) is 36.1 Å². The number of nitrogens with one attached hydrogen (secondary N) is 1. The summed E-state index contributed by atoms with van der Waals surface area (Å²) in [5.74, 6) is 0.801. The van der Waals surface area contributed by atoms with Crippen LogP contribution in [0.25, 0.3) is 0 Å². The molecule has 1 aromatic carbocycles. The van der Waals surface area contributed by atoms with Gasteiger partial charge in [0.25, 0.3) is 0 Å². The first kappa shape index (κ1) is 16.6. The average Bonchev–Trinajstić information content (AvgIpc) is 3.37. The fourth-order valence-corrected chi connectivity index (χ4v) is 3.12. The molecule has 2 fully saturated rings. The molecule has 2 aliphatic rings. The largest absolute Gasteiger partial charge is 0.378 e. The highest BCUT2D eigenvalue weighted by Crippen LogP contribution is 2.30. The second-order valence-corrected chi connectivity index (χ2v) is 7.13. The van der Waals surface area contributed by atoms with Crippen LogP contribution < -0.4 is 5.32 Å². The van der Waals surface area contributed by atoms with E-state index in [4.69, 9.17) is 16.3 Å². The van der Waals surface area contributed by atoms with Crippen LogP contribution in [0.1, 0.15) is 44.2 Å². The first-order valence-corrected chi connectivity index (χ1v) is 8.92. The molecule has 1 heterocycles. The molecule has 2 amide bonds. The topological polar surface area (TPSA) is 41.6 Å². The maximum absolute atomic E-state index is 12.4. The normalized spacial score (nSPS) is 20.3. The van der Waals surface area contributed by atoms with Crippen molar-refractivity contribution in [2.24, 2.45) is 5.92 Å². The van der Waals surface area contributed by atoms with E-state index in [2.05, 4.69) is 5.32 Å². The second-order valence-electron chi connectivity index (χ2n) is 6.69. The van der Waals surface area contributed by atoms with Crippen molar-refractivity contribution in [3.63, 3.8) is 0 Å². The summed E-state index contributed by atoms with van der Waals surface area (Å²) in [4.78, 5) is 14.3. The molecule has 1 unspecified atom stereocenters. The molecule has 1 atom stereocenters. The van der Waals surface area contributed by atoms with Crippen LogP contribution in [0.3, 0.4) is 0 Å². The van der Waals surface area contributed by atoms with Gasteiger partial charge in [0.15, 0.2) is 0 Å². The van der Waals surface area contributed by atoms with Crippen LogP contribution in [0.2, 0.25) is 5.02 Å². The Kier molecular flexibility index (Phi) is 5.44. The van der Waals surface area contributed by atoms with E-state index in [0.29, 0.717) is 11.1 Å². The molecule has 1 aliphatic carbocycles. The van der Waals surface area contributed by atoms with Crippen molar-refractivity contribution in [2.75, 3.05) is 19.7 Å². The van der Waals surface area contributed by atoms with Crippen LogP contribution >= 0.6 is 11.6 Å². The van der Waals surface area contributed by atoms with Crippen molar-refractivity contribution in [3.05, 3.63) is 34.9 Å². The number of nitrogens with zero attached hydrogens (tertiary/aromatic N) is 1. The minimum Gasteiger partial charge on any atom is -0.378 e. The highest BCUT2D eigenvalue weighted by atomic mass is 35.5. The highest BCUT2D eigenvalue weighted by Gasteiger charge is 2.27. The zero-order valence-corrected chi connectivity index (χ0v) is 14.4. The van der Waals surface area contributed by atoms with Crippen LogP contribution in [0.4, 0.5) is 4.79 Å². The van der Waals surface area contributed by atoms with Crippen LogP contribution in [0, 0.1) is 5.92 Å². The molecule has 0 radical (unpaired) electrons. The molecular formula is C18H25ClN2O2. The SMILES string of the molecule is CC(NC(=O)N1CCC(OCC2CC2)CC1)c1cccc(Cl)c1. The van der Waals surface area contributed by atoms with Gasteiger partial charge < -0.3 is 15.0 Å². The zero-order valence-electron chi connectivity index (χ0n) is 13.6. The summed E-state index contributed by atoms with van der Waals surface area (Å²) in [6.07, 6.45) is 4.84. The van der Waals surface area contributed by atoms with Crippen LogP contribution in [-0.2, 0) is 4.74 Å². The van der Waals surface area contributed by atoms with Crippen molar-refractivity contribution in [1.82, 2.24) is 10.2 Å². The number of amides is 2. The van der Waals surface area contributed by atoms with Crippen molar-refractivity contribution in [1.29, 1.82) is 0 Å².